The van der Waals surface area contributed by atoms with Crippen LogP contribution in [0, 0.1) is 13.8 Å². The molecule has 7 aromatic carbocycles. The van der Waals surface area contributed by atoms with E-state index < -0.39 is 0 Å². The number of aryl methyl sites for hydroxylation is 8. The molecule has 0 aliphatic heterocycles. The minimum Gasteiger partial charge on any atom is -0.138 e. The van der Waals surface area contributed by atoms with E-state index in [1.54, 1.807) is 66.8 Å². The van der Waals surface area contributed by atoms with Gasteiger partial charge in [0.15, 0.2) is 0 Å². The molecule has 0 N–H and O–H groups in total. The SMILES string of the molecule is C.C.CC1(C)c2cc(CCCCP)ccc2-c2ccc(CCCCP)cc21.CCCCCCP.Cc1c(CCCCP)ccc(CCCCP)c1C.PCCCCCCCP.PCCCCc1ccc(CCCCP)c2c1C1CCC2C1.PCCCCc1ccc(CCCCP)c2c1C1c3ccccc3C2c2ccccc21. The molecule has 13 rings (SSSR count). The summed E-state index contributed by atoms with van der Waals surface area (Å²) in [5.41, 5.74) is 35.0. The number of rotatable bonds is 42. The Morgan fingerprint density at radius 1 is 0.286 bits per heavy atom. The van der Waals surface area contributed by atoms with Crippen molar-refractivity contribution in [2.24, 2.45) is 0 Å². The zero-order valence-electron chi connectivity index (χ0n) is 69.9. The standard InChI is InChI=1S/C28H32P2.C23H32P2.C19H30P2.C16H28P2.C7H18P2.C6H15P.2CH4/c29-17-7-5-9-19-15-16-20(10-6-8-18-30)26-25(19)27-21-11-1-2-12-22(21)28(26)24-14-4-3-13-23(24)27;1-23(2)21-15-17(7-3-5-13-24)9-11-19(21)20-12-10-18(16-22(20)23)8-4-6-14-25;20-11-3-1-5-14-7-8-15(6-2-4-12-21)19-17-10-9-16(13-17)18(14)19;1-13-14(2)16(8-4-6-12-18)10-9-15(13)7-3-5-11-17;8-6-4-2-1-3-5-7-9;1-2-3-4-5-6-7;;/h1-4,11-16,27-28H,5-10,17-18,29-30H2;9-12,15-16H,3-8,13-14,24-25H2,1-2H3;7-8,16-17H,1-6,9-13,20-21H2;9-10H,3-8,11-12,17-18H2,1-2H3;1-9H2;2-7H2,1H3;2*1H4. The van der Waals surface area contributed by atoms with Gasteiger partial charge < -0.3 is 0 Å². The van der Waals surface area contributed by atoms with Crippen molar-refractivity contribution >= 4 is 102 Å². The molecule has 0 amide bonds. The maximum Gasteiger partial charge on any atom is 0.0352 e. The predicted octanol–water partition coefficient (Wildman–Crippen LogP) is 30.0. The van der Waals surface area contributed by atoms with Gasteiger partial charge in [0.2, 0.25) is 0 Å². The van der Waals surface area contributed by atoms with E-state index in [0.29, 0.717) is 11.8 Å². The number of fused-ring (bicyclic) bond motifs is 8. The largest absolute Gasteiger partial charge is 0.138 e. The highest BCUT2D eigenvalue weighted by atomic mass is 31.0. The van der Waals surface area contributed by atoms with Crippen molar-refractivity contribution in [3.05, 3.63) is 233 Å². The zero-order valence-corrected chi connectivity index (χ0v) is 82.6. The summed E-state index contributed by atoms with van der Waals surface area (Å²) in [6.07, 6.45) is 61.6. The second-order valence-electron chi connectivity index (χ2n) is 32.9. The van der Waals surface area contributed by atoms with Crippen molar-refractivity contribution in [1.82, 2.24) is 0 Å². The van der Waals surface area contributed by atoms with Crippen LogP contribution in [0.1, 0.15) is 350 Å². The van der Waals surface area contributed by atoms with Crippen LogP contribution in [0.15, 0.2) is 121 Å². The fourth-order valence-corrected chi connectivity index (χ4v) is 21.4. The molecular formula is C101H163P11. The minimum atomic E-state index is 0. The lowest BCUT2D eigenvalue weighted by Gasteiger charge is -2.44. The Kier molecular flexibility index (Phi) is 53.0. The molecule has 0 nitrogen and oxygen atoms in total. The van der Waals surface area contributed by atoms with Crippen LogP contribution in [0.4, 0.5) is 0 Å². The fourth-order valence-electron chi connectivity index (χ4n) is 18.2. The van der Waals surface area contributed by atoms with E-state index in [-0.39, 0.29) is 20.3 Å². The molecule has 112 heavy (non-hydrogen) atoms. The Morgan fingerprint density at radius 3 is 0.830 bits per heavy atom. The molecule has 0 radical (unpaired) electrons. The van der Waals surface area contributed by atoms with Crippen LogP contribution in [0.5, 0.6) is 0 Å². The molecule has 6 aliphatic carbocycles. The van der Waals surface area contributed by atoms with E-state index in [1.807, 2.05) is 11.1 Å². The second kappa shape index (κ2) is 58.3. The van der Waals surface area contributed by atoms with E-state index in [9.17, 15) is 0 Å². The lowest BCUT2D eigenvalue weighted by Crippen LogP contribution is -2.29. The predicted molar refractivity (Wildman–Crippen MR) is 551 cm³/mol. The van der Waals surface area contributed by atoms with Gasteiger partial charge in [-0.15, -0.1) is 102 Å². The first-order valence-corrected chi connectivity index (χ1v) is 53.3. The van der Waals surface area contributed by atoms with Crippen LogP contribution in [-0.2, 0) is 56.8 Å². The highest BCUT2D eigenvalue weighted by Crippen LogP contribution is 2.59. The van der Waals surface area contributed by atoms with E-state index in [2.05, 4.69) is 258 Å². The topological polar surface area (TPSA) is 0 Å². The summed E-state index contributed by atoms with van der Waals surface area (Å²) in [6.45, 7) is 11.6. The summed E-state index contributed by atoms with van der Waals surface area (Å²) in [7, 11) is 31.1. The van der Waals surface area contributed by atoms with E-state index in [4.69, 9.17) is 0 Å². The molecule has 622 valence electrons. The average molecular weight is 1720 g/mol. The minimum absolute atomic E-state index is 0. The van der Waals surface area contributed by atoms with Crippen LogP contribution in [0.2, 0.25) is 0 Å². The van der Waals surface area contributed by atoms with E-state index >= 15 is 0 Å². The molecule has 1 saturated carbocycles. The van der Waals surface area contributed by atoms with Crippen molar-refractivity contribution < 1.29 is 0 Å². The Balaban J connectivity index is 0.000000252. The molecule has 0 heterocycles. The van der Waals surface area contributed by atoms with Gasteiger partial charge in [0.05, 0.1) is 0 Å². The third-order valence-corrected chi connectivity index (χ3v) is 29.0. The Labute approximate surface area is 717 Å². The molecule has 0 saturated heterocycles. The molecule has 11 heteroatoms. The van der Waals surface area contributed by atoms with Gasteiger partial charge in [-0.1, -0.05) is 195 Å². The zero-order chi connectivity index (χ0) is 78.9. The quantitative estimate of drug-likeness (QED) is 0.0264. The van der Waals surface area contributed by atoms with Gasteiger partial charge in [-0.25, -0.2) is 0 Å². The fraction of sp³-hybridized carbons (Fsp3) is 0.584. The summed E-state index contributed by atoms with van der Waals surface area (Å²) >= 11 is 0. The molecule has 13 unspecified atom stereocenters. The third kappa shape index (κ3) is 30.4. The van der Waals surface area contributed by atoms with Crippen molar-refractivity contribution in [1.29, 1.82) is 0 Å². The van der Waals surface area contributed by atoms with Crippen molar-refractivity contribution in [2.45, 2.75) is 310 Å². The van der Waals surface area contributed by atoms with Crippen LogP contribution in [0.25, 0.3) is 11.1 Å². The lowest BCUT2D eigenvalue weighted by atomic mass is 9.59. The maximum atomic E-state index is 2.89. The van der Waals surface area contributed by atoms with Crippen molar-refractivity contribution in [3.8, 4) is 11.1 Å². The molecule has 6 aliphatic rings. The molecule has 13 atom stereocenters. The van der Waals surface area contributed by atoms with Gasteiger partial charge in [-0.05, 0) is 408 Å². The molecule has 0 spiro atoms. The summed E-state index contributed by atoms with van der Waals surface area (Å²) in [4.78, 5) is 0. The summed E-state index contributed by atoms with van der Waals surface area (Å²) in [5.74, 6) is 2.64. The normalized spacial score (nSPS) is 15.5. The Bertz CT molecular complexity index is 3460. The first-order chi connectivity index (χ1) is 53.8. The van der Waals surface area contributed by atoms with Gasteiger partial charge >= 0.3 is 0 Å². The first-order valence-electron chi connectivity index (χ1n) is 44.3. The van der Waals surface area contributed by atoms with E-state index in [1.165, 1.54) is 343 Å². The third-order valence-electron chi connectivity index (χ3n) is 24.5. The van der Waals surface area contributed by atoms with Gasteiger partial charge in [-0.3, -0.25) is 0 Å². The van der Waals surface area contributed by atoms with E-state index in [0.717, 1.165) is 11.8 Å². The molecule has 1 fully saturated rings. The maximum absolute atomic E-state index is 2.89. The number of unbranched alkanes of at least 4 members (excludes halogenated alkanes) is 15. The van der Waals surface area contributed by atoms with Gasteiger partial charge in [0, 0.05) is 17.3 Å². The van der Waals surface area contributed by atoms with Crippen LogP contribution < -0.4 is 0 Å². The number of hydrogen-bond donors (Lipinski definition) is 0. The number of hydrogen-bond acceptors (Lipinski definition) is 0. The Hall–Kier alpha value is -0.730. The summed E-state index contributed by atoms with van der Waals surface area (Å²) < 4.78 is 0. The number of benzene rings is 7. The second-order valence-corrected chi connectivity index (χ2v) is 39.3. The van der Waals surface area contributed by atoms with Gasteiger partial charge in [0.1, 0.15) is 0 Å². The van der Waals surface area contributed by atoms with Crippen LogP contribution in [-0.4, -0.2) is 67.8 Å². The molecular weight excluding hydrogens is 1550 g/mol. The molecule has 7 aromatic rings. The van der Waals surface area contributed by atoms with Crippen molar-refractivity contribution in [2.75, 3.05) is 67.8 Å². The first kappa shape index (κ1) is 102. The highest BCUT2D eigenvalue weighted by molar-refractivity contribution is 7.18. The summed E-state index contributed by atoms with van der Waals surface area (Å²) in [6, 6.07) is 47.5. The van der Waals surface area contributed by atoms with Gasteiger partial charge in [0.25, 0.3) is 0 Å². The smallest absolute Gasteiger partial charge is 0.0352 e. The van der Waals surface area contributed by atoms with Crippen LogP contribution in [0.3, 0.4) is 0 Å². The molecule has 0 aromatic heterocycles. The van der Waals surface area contributed by atoms with Crippen molar-refractivity contribution in [3.63, 3.8) is 0 Å². The highest BCUT2D eigenvalue weighted by Gasteiger charge is 2.44. The van der Waals surface area contributed by atoms with Crippen LogP contribution >= 0.6 is 102 Å². The lowest BCUT2D eigenvalue weighted by molar-refractivity contribution is 0.656. The van der Waals surface area contributed by atoms with Gasteiger partial charge in [-0.2, -0.15) is 0 Å². The summed E-state index contributed by atoms with van der Waals surface area (Å²) in [5, 5.41) is 0. The average Bonchev–Trinajstić information content (AvgIpc) is 1.03. The molecule has 4 bridgehead atoms. The monoisotopic (exact) mass is 1720 g/mol. The Morgan fingerprint density at radius 2 is 0.536 bits per heavy atom.